The summed E-state index contributed by atoms with van der Waals surface area (Å²) in [5.74, 6) is -1.85. The van der Waals surface area contributed by atoms with Crippen LogP contribution in [0.25, 0.3) is 5.57 Å². The minimum atomic E-state index is -1.84. The van der Waals surface area contributed by atoms with Gasteiger partial charge in [0.1, 0.15) is 17.5 Å². The number of fused-ring (bicyclic) bond motifs is 4. The normalized spacial score (nSPS) is 38.0. The maximum absolute atomic E-state index is 13.5. The van der Waals surface area contributed by atoms with E-state index in [4.69, 9.17) is 13.9 Å². The average molecular weight is 428 g/mol. The molecule has 0 bridgehead atoms. The molecule has 4 rings (SSSR count). The van der Waals surface area contributed by atoms with Crippen molar-refractivity contribution in [2.75, 3.05) is 0 Å². The van der Waals surface area contributed by atoms with Gasteiger partial charge in [-0.3, -0.25) is 14.4 Å². The molecule has 0 radical (unpaired) electrons. The molecule has 0 saturated heterocycles. The van der Waals surface area contributed by atoms with Gasteiger partial charge in [0.25, 0.3) is 0 Å². The van der Waals surface area contributed by atoms with Crippen molar-refractivity contribution in [3.05, 3.63) is 42.4 Å². The fraction of sp³-hybridized carbons (Fsp3) is 0.542. The number of ether oxygens (including phenoxy) is 2. The first kappa shape index (κ1) is 21.6. The third-order valence-corrected chi connectivity index (χ3v) is 7.67. The van der Waals surface area contributed by atoms with Crippen molar-refractivity contribution in [3.8, 4) is 0 Å². The molecule has 0 spiro atoms. The third-order valence-electron chi connectivity index (χ3n) is 7.67. The summed E-state index contributed by atoms with van der Waals surface area (Å²) in [6.45, 7) is 12.0. The van der Waals surface area contributed by atoms with Crippen LogP contribution in [0.4, 0.5) is 0 Å². The maximum atomic E-state index is 13.5. The van der Waals surface area contributed by atoms with Crippen molar-refractivity contribution in [2.24, 2.45) is 22.7 Å². The Kier molecular flexibility index (Phi) is 4.63. The summed E-state index contributed by atoms with van der Waals surface area (Å²) in [7, 11) is 0. The standard InChI is InChI=1S/C24H28O7/c1-12-15-8-10-29-17(15)11-16-19(12)20(30-13(2)25)21(31-14(3)26)24(28)22(4,5)9-7-18(27)23(16,24)6/h7-10,16,19-21,28H,1,11H2,2-6H3/t16-,19-,20+,21-,23-,24+/m0/s1. The van der Waals surface area contributed by atoms with Gasteiger partial charge in [0, 0.05) is 37.2 Å². The molecule has 7 heteroatoms. The highest BCUT2D eigenvalue weighted by molar-refractivity contribution is 5.98. The van der Waals surface area contributed by atoms with Crippen LogP contribution in [0.3, 0.4) is 0 Å². The van der Waals surface area contributed by atoms with Crippen LogP contribution < -0.4 is 0 Å². The SMILES string of the molecule is C=C1c2ccoc2C[C@H]2[C@H]1[C@@H](OC(C)=O)[C@H](OC(C)=O)[C@@]1(O)C(C)(C)C=CC(=O)[C@]21C. The van der Waals surface area contributed by atoms with E-state index in [-0.39, 0.29) is 5.78 Å². The van der Waals surface area contributed by atoms with E-state index in [1.54, 1.807) is 39.2 Å². The molecule has 0 amide bonds. The number of carbonyl (C=O) groups excluding carboxylic acids is 3. The van der Waals surface area contributed by atoms with Gasteiger partial charge in [-0.05, 0) is 30.6 Å². The first-order chi connectivity index (χ1) is 14.4. The van der Waals surface area contributed by atoms with E-state index in [0.717, 1.165) is 5.56 Å². The molecule has 1 N–H and O–H groups in total. The van der Waals surface area contributed by atoms with Crippen LogP contribution in [-0.4, -0.2) is 40.6 Å². The van der Waals surface area contributed by atoms with Gasteiger partial charge in [0.05, 0.1) is 11.7 Å². The molecular weight excluding hydrogens is 400 g/mol. The number of aliphatic hydroxyl groups is 1. The minimum Gasteiger partial charge on any atom is -0.469 e. The molecule has 0 unspecified atom stereocenters. The molecule has 1 aromatic rings. The number of allylic oxidation sites excluding steroid dienone is 1. The summed E-state index contributed by atoms with van der Waals surface area (Å²) < 4.78 is 17.1. The summed E-state index contributed by atoms with van der Waals surface area (Å²) in [5.41, 5.74) is -2.74. The Labute approximate surface area is 181 Å². The number of hydrogen-bond acceptors (Lipinski definition) is 7. The lowest BCUT2D eigenvalue weighted by Crippen LogP contribution is -2.78. The number of esters is 2. The zero-order valence-corrected chi connectivity index (χ0v) is 18.4. The number of rotatable bonds is 2. The Hall–Kier alpha value is -2.67. The van der Waals surface area contributed by atoms with E-state index in [0.29, 0.717) is 17.8 Å². The summed E-state index contributed by atoms with van der Waals surface area (Å²) in [4.78, 5) is 37.7. The van der Waals surface area contributed by atoms with Gasteiger partial charge in [-0.15, -0.1) is 0 Å². The number of ketones is 1. The summed E-state index contributed by atoms with van der Waals surface area (Å²) in [5, 5.41) is 12.4. The van der Waals surface area contributed by atoms with E-state index < -0.39 is 52.4 Å². The Morgan fingerprint density at radius 2 is 1.84 bits per heavy atom. The van der Waals surface area contributed by atoms with Crippen molar-refractivity contribution in [1.29, 1.82) is 0 Å². The monoisotopic (exact) mass is 428 g/mol. The molecule has 1 aromatic heterocycles. The fourth-order valence-corrected chi connectivity index (χ4v) is 6.18. The smallest absolute Gasteiger partial charge is 0.303 e. The van der Waals surface area contributed by atoms with Crippen LogP contribution in [0.15, 0.2) is 35.5 Å². The molecule has 3 aliphatic rings. The van der Waals surface area contributed by atoms with Crippen LogP contribution in [0.5, 0.6) is 0 Å². The van der Waals surface area contributed by atoms with Gasteiger partial charge in [-0.1, -0.05) is 26.5 Å². The van der Waals surface area contributed by atoms with Crippen LogP contribution in [-0.2, 0) is 30.3 Å². The van der Waals surface area contributed by atoms with Crippen LogP contribution in [0, 0.1) is 22.7 Å². The molecule has 0 aromatic carbocycles. The van der Waals surface area contributed by atoms with E-state index in [1.807, 2.05) is 0 Å². The van der Waals surface area contributed by atoms with Crippen LogP contribution in [0.2, 0.25) is 0 Å². The quantitative estimate of drug-likeness (QED) is 0.723. The van der Waals surface area contributed by atoms with Gasteiger partial charge in [0.2, 0.25) is 0 Å². The second-order valence-corrected chi connectivity index (χ2v) is 9.61. The molecule has 1 heterocycles. The van der Waals surface area contributed by atoms with E-state index in [1.165, 1.54) is 19.9 Å². The number of furan rings is 1. The van der Waals surface area contributed by atoms with Crippen LogP contribution in [0.1, 0.15) is 45.9 Å². The van der Waals surface area contributed by atoms with Crippen molar-refractivity contribution in [3.63, 3.8) is 0 Å². The lowest BCUT2D eigenvalue weighted by molar-refractivity contribution is -0.281. The molecule has 6 atom stereocenters. The predicted octanol–water partition coefficient (Wildman–Crippen LogP) is 2.86. The van der Waals surface area contributed by atoms with Gasteiger partial charge in [-0.25, -0.2) is 0 Å². The van der Waals surface area contributed by atoms with Crippen molar-refractivity contribution in [1.82, 2.24) is 0 Å². The van der Waals surface area contributed by atoms with Crippen molar-refractivity contribution < 1.29 is 33.4 Å². The highest BCUT2D eigenvalue weighted by atomic mass is 16.6. The first-order valence-corrected chi connectivity index (χ1v) is 10.4. The first-order valence-electron chi connectivity index (χ1n) is 10.4. The summed E-state index contributed by atoms with van der Waals surface area (Å²) in [6, 6.07) is 1.79. The molecule has 166 valence electrons. The molecule has 3 aliphatic carbocycles. The van der Waals surface area contributed by atoms with Crippen molar-refractivity contribution in [2.45, 2.75) is 58.8 Å². The largest absolute Gasteiger partial charge is 0.469 e. The lowest BCUT2D eigenvalue weighted by Gasteiger charge is -2.65. The van der Waals surface area contributed by atoms with Gasteiger partial charge >= 0.3 is 11.9 Å². The predicted molar refractivity (Wildman–Crippen MR) is 111 cm³/mol. The Balaban J connectivity index is 2.03. The van der Waals surface area contributed by atoms with Crippen molar-refractivity contribution >= 4 is 23.3 Å². The molecule has 31 heavy (non-hydrogen) atoms. The number of hydrogen-bond donors (Lipinski definition) is 1. The van der Waals surface area contributed by atoms with Gasteiger partial charge in [0.15, 0.2) is 11.9 Å². The Bertz CT molecular complexity index is 1010. The lowest BCUT2D eigenvalue weighted by atomic mass is 9.41. The van der Waals surface area contributed by atoms with Gasteiger partial charge in [-0.2, -0.15) is 0 Å². The topological polar surface area (TPSA) is 103 Å². The molecule has 1 saturated carbocycles. The minimum absolute atomic E-state index is 0.273. The van der Waals surface area contributed by atoms with Crippen LogP contribution >= 0.6 is 0 Å². The zero-order valence-electron chi connectivity index (χ0n) is 18.4. The number of carbonyl (C=O) groups is 3. The summed E-state index contributed by atoms with van der Waals surface area (Å²) >= 11 is 0. The third kappa shape index (κ3) is 2.65. The Morgan fingerprint density at radius 1 is 1.19 bits per heavy atom. The maximum Gasteiger partial charge on any atom is 0.303 e. The second-order valence-electron chi connectivity index (χ2n) is 9.61. The zero-order chi connectivity index (χ0) is 22.9. The highest BCUT2D eigenvalue weighted by Gasteiger charge is 2.75. The molecule has 1 fully saturated rings. The molecule has 0 aliphatic heterocycles. The van der Waals surface area contributed by atoms with Gasteiger partial charge < -0.3 is 19.0 Å². The van der Waals surface area contributed by atoms with E-state index in [9.17, 15) is 19.5 Å². The van der Waals surface area contributed by atoms with E-state index >= 15 is 0 Å². The second kappa shape index (κ2) is 6.66. The molecule has 7 nitrogen and oxygen atoms in total. The molecular formula is C24H28O7. The highest BCUT2D eigenvalue weighted by Crippen LogP contribution is 2.65. The fourth-order valence-electron chi connectivity index (χ4n) is 6.18. The Morgan fingerprint density at radius 3 is 2.45 bits per heavy atom. The van der Waals surface area contributed by atoms with E-state index in [2.05, 4.69) is 6.58 Å². The summed E-state index contributed by atoms with van der Waals surface area (Å²) in [6.07, 6.45) is 2.74. The average Bonchev–Trinajstić information content (AvgIpc) is 3.14.